The fourth-order valence-corrected chi connectivity index (χ4v) is 2.52. The van der Waals surface area contributed by atoms with Crippen molar-refractivity contribution in [2.75, 3.05) is 5.32 Å². The molecule has 0 saturated heterocycles. The van der Waals surface area contributed by atoms with Crippen LogP contribution in [0.2, 0.25) is 5.02 Å². The molecule has 3 rings (SSSR count). The SMILES string of the molecule is Cc1cccc(CNC(=O)c2ccc(Nc3ccc(Cl)cc3)nc2)c1. The molecule has 4 nitrogen and oxygen atoms in total. The second-order valence-corrected chi connectivity index (χ2v) is 6.17. The second-order valence-electron chi connectivity index (χ2n) is 5.74. The highest BCUT2D eigenvalue weighted by atomic mass is 35.5. The fraction of sp³-hybridized carbons (Fsp3) is 0.100. The molecule has 1 amide bonds. The number of aryl methyl sites for hydroxylation is 1. The number of aromatic nitrogens is 1. The maximum absolute atomic E-state index is 12.2. The largest absolute Gasteiger partial charge is 0.348 e. The maximum atomic E-state index is 12.2. The Labute approximate surface area is 151 Å². The Bertz CT molecular complexity index is 861. The zero-order valence-corrected chi connectivity index (χ0v) is 14.5. The second kappa shape index (κ2) is 7.81. The predicted octanol–water partition coefficient (Wildman–Crippen LogP) is 4.72. The number of pyridine rings is 1. The summed E-state index contributed by atoms with van der Waals surface area (Å²) in [6, 6.07) is 18.9. The van der Waals surface area contributed by atoms with E-state index in [1.165, 1.54) is 5.56 Å². The van der Waals surface area contributed by atoms with Gasteiger partial charge in [0.25, 0.3) is 5.91 Å². The van der Waals surface area contributed by atoms with E-state index in [4.69, 9.17) is 11.6 Å². The van der Waals surface area contributed by atoms with E-state index in [0.717, 1.165) is 11.3 Å². The molecule has 126 valence electrons. The Balaban J connectivity index is 1.59. The number of nitrogens with zero attached hydrogens (tertiary/aromatic N) is 1. The van der Waals surface area contributed by atoms with Crippen LogP contribution in [0.3, 0.4) is 0 Å². The number of benzene rings is 2. The molecule has 0 spiro atoms. The Morgan fingerprint density at radius 1 is 1.08 bits per heavy atom. The summed E-state index contributed by atoms with van der Waals surface area (Å²) in [5.74, 6) is 0.518. The van der Waals surface area contributed by atoms with Crippen molar-refractivity contribution in [3.63, 3.8) is 0 Å². The van der Waals surface area contributed by atoms with Gasteiger partial charge in [-0.3, -0.25) is 4.79 Å². The third kappa shape index (κ3) is 4.81. The highest BCUT2D eigenvalue weighted by molar-refractivity contribution is 6.30. The normalized spacial score (nSPS) is 10.3. The van der Waals surface area contributed by atoms with Gasteiger partial charge in [0.1, 0.15) is 5.82 Å². The van der Waals surface area contributed by atoms with Gasteiger partial charge in [0.2, 0.25) is 0 Å². The van der Waals surface area contributed by atoms with E-state index >= 15 is 0 Å². The number of carbonyl (C=O) groups excluding carboxylic acids is 1. The van der Waals surface area contributed by atoms with Gasteiger partial charge in [-0.2, -0.15) is 0 Å². The van der Waals surface area contributed by atoms with E-state index in [2.05, 4.69) is 21.7 Å². The van der Waals surface area contributed by atoms with Crippen LogP contribution in [-0.2, 0) is 6.54 Å². The lowest BCUT2D eigenvalue weighted by Gasteiger charge is -2.08. The molecule has 25 heavy (non-hydrogen) atoms. The van der Waals surface area contributed by atoms with Crippen molar-refractivity contribution < 1.29 is 4.79 Å². The number of hydrogen-bond acceptors (Lipinski definition) is 3. The van der Waals surface area contributed by atoms with Crippen molar-refractivity contribution in [1.82, 2.24) is 10.3 Å². The number of rotatable bonds is 5. The lowest BCUT2D eigenvalue weighted by Crippen LogP contribution is -2.22. The molecular weight excluding hydrogens is 334 g/mol. The van der Waals surface area contributed by atoms with Gasteiger partial charge in [0.15, 0.2) is 0 Å². The molecule has 0 aliphatic carbocycles. The quantitative estimate of drug-likeness (QED) is 0.699. The minimum absolute atomic E-state index is 0.146. The first-order valence-corrected chi connectivity index (χ1v) is 8.30. The van der Waals surface area contributed by atoms with E-state index in [9.17, 15) is 4.79 Å². The number of amides is 1. The van der Waals surface area contributed by atoms with Crippen LogP contribution >= 0.6 is 11.6 Å². The highest BCUT2D eigenvalue weighted by Gasteiger charge is 2.06. The third-order valence-corrected chi connectivity index (χ3v) is 3.93. The predicted molar refractivity (Wildman–Crippen MR) is 101 cm³/mol. The molecule has 2 N–H and O–H groups in total. The average Bonchev–Trinajstić information content (AvgIpc) is 2.62. The fourth-order valence-electron chi connectivity index (χ4n) is 2.39. The van der Waals surface area contributed by atoms with E-state index in [-0.39, 0.29) is 5.91 Å². The molecule has 1 aromatic heterocycles. The molecule has 1 heterocycles. The average molecular weight is 352 g/mol. The van der Waals surface area contributed by atoms with Gasteiger partial charge in [-0.1, -0.05) is 41.4 Å². The van der Waals surface area contributed by atoms with Crippen molar-refractivity contribution >= 4 is 29.0 Å². The monoisotopic (exact) mass is 351 g/mol. The molecular formula is C20H18ClN3O. The Morgan fingerprint density at radius 2 is 1.88 bits per heavy atom. The van der Waals surface area contributed by atoms with Crippen molar-refractivity contribution in [1.29, 1.82) is 0 Å². The Hall–Kier alpha value is -2.85. The molecule has 0 unspecified atom stereocenters. The van der Waals surface area contributed by atoms with E-state index in [1.54, 1.807) is 30.5 Å². The van der Waals surface area contributed by atoms with Gasteiger partial charge in [0.05, 0.1) is 5.56 Å². The first kappa shape index (κ1) is 17.0. The highest BCUT2D eigenvalue weighted by Crippen LogP contribution is 2.17. The summed E-state index contributed by atoms with van der Waals surface area (Å²) in [7, 11) is 0. The molecule has 2 aromatic carbocycles. The Kier molecular flexibility index (Phi) is 5.31. The number of halogens is 1. The summed E-state index contributed by atoms with van der Waals surface area (Å²) >= 11 is 5.87. The summed E-state index contributed by atoms with van der Waals surface area (Å²) in [6.45, 7) is 2.52. The van der Waals surface area contributed by atoms with Crippen LogP contribution in [0.4, 0.5) is 11.5 Å². The summed E-state index contributed by atoms with van der Waals surface area (Å²) < 4.78 is 0. The molecule has 3 aromatic rings. The topological polar surface area (TPSA) is 54.0 Å². The molecule has 0 saturated carbocycles. The number of nitrogens with one attached hydrogen (secondary N) is 2. The van der Waals surface area contributed by atoms with Gasteiger partial charge in [-0.15, -0.1) is 0 Å². The molecule has 0 bridgehead atoms. The van der Waals surface area contributed by atoms with Gasteiger partial charge < -0.3 is 10.6 Å². The summed E-state index contributed by atoms with van der Waals surface area (Å²) in [6.07, 6.45) is 1.56. The van der Waals surface area contributed by atoms with Crippen molar-refractivity contribution in [3.05, 3.63) is 88.6 Å². The van der Waals surface area contributed by atoms with Crippen molar-refractivity contribution in [2.24, 2.45) is 0 Å². The number of carbonyl (C=O) groups is 1. The van der Waals surface area contributed by atoms with Crippen LogP contribution in [-0.4, -0.2) is 10.9 Å². The van der Waals surface area contributed by atoms with Crippen LogP contribution in [0.25, 0.3) is 0 Å². The summed E-state index contributed by atoms with van der Waals surface area (Å²) in [5, 5.41) is 6.74. The van der Waals surface area contributed by atoms with E-state index in [1.807, 2.05) is 37.3 Å². The van der Waals surface area contributed by atoms with Gasteiger partial charge in [-0.25, -0.2) is 4.98 Å². The first-order chi connectivity index (χ1) is 12.1. The lowest BCUT2D eigenvalue weighted by atomic mass is 10.1. The minimum atomic E-state index is -0.146. The molecule has 0 aliphatic rings. The van der Waals surface area contributed by atoms with Crippen molar-refractivity contribution in [3.8, 4) is 0 Å². The first-order valence-electron chi connectivity index (χ1n) is 7.92. The molecule has 0 radical (unpaired) electrons. The van der Waals surface area contributed by atoms with Crippen LogP contribution in [0.1, 0.15) is 21.5 Å². The Morgan fingerprint density at radius 3 is 2.56 bits per heavy atom. The summed E-state index contributed by atoms with van der Waals surface area (Å²) in [5.41, 5.74) is 3.65. The van der Waals surface area contributed by atoms with Gasteiger partial charge >= 0.3 is 0 Å². The van der Waals surface area contributed by atoms with Gasteiger partial charge in [-0.05, 0) is 48.9 Å². The smallest absolute Gasteiger partial charge is 0.253 e. The summed E-state index contributed by atoms with van der Waals surface area (Å²) in [4.78, 5) is 16.5. The van der Waals surface area contributed by atoms with Gasteiger partial charge in [0, 0.05) is 23.5 Å². The minimum Gasteiger partial charge on any atom is -0.348 e. The van der Waals surface area contributed by atoms with Crippen LogP contribution < -0.4 is 10.6 Å². The maximum Gasteiger partial charge on any atom is 0.253 e. The van der Waals surface area contributed by atoms with E-state index in [0.29, 0.717) is 22.9 Å². The van der Waals surface area contributed by atoms with Crippen LogP contribution in [0.5, 0.6) is 0 Å². The molecule has 5 heteroatoms. The molecule has 0 aliphatic heterocycles. The van der Waals surface area contributed by atoms with Crippen molar-refractivity contribution in [2.45, 2.75) is 13.5 Å². The number of anilines is 2. The van der Waals surface area contributed by atoms with E-state index < -0.39 is 0 Å². The van der Waals surface area contributed by atoms with Crippen LogP contribution in [0, 0.1) is 6.92 Å². The van der Waals surface area contributed by atoms with Crippen LogP contribution in [0.15, 0.2) is 66.9 Å². The zero-order chi connectivity index (χ0) is 17.6. The lowest BCUT2D eigenvalue weighted by molar-refractivity contribution is 0.0950. The molecule has 0 fully saturated rings. The third-order valence-electron chi connectivity index (χ3n) is 3.68. The molecule has 0 atom stereocenters. The number of hydrogen-bond donors (Lipinski definition) is 2. The zero-order valence-electron chi connectivity index (χ0n) is 13.8. The standard InChI is InChI=1S/C20H18ClN3O/c1-14-3-2-4-15(11-14)12-23-20(25)16-5-10-19(22-13-16)24-18-8-6-17(21)7-9-18/h2-11,13H,12H2,1H3,(H,22,24)(H,23,25).